The lowest BCUT2D eigenvalue weighted by molar-refractivity contribution is 0.114. The lowest BCUT2D eigenvalue weighted by atomic mass is 10.3. The summed E-state index contributed by atoms with van der Waals surface area (Å²) in [7, 11) is 0. The molecule has 4 N–H and O–H groups in total. The maximum atomic E-state index is 11.8. The number of hydrogen-bond donors (Lipinski definition) is 3. The third-order valence-electron chi connectivity index (χ3n) is 3.28. The lowest BCUT2D eigenvalue weighted by Crippen LogP contribution is -2.25. The first kappa shape index (κ1) is 12.5. The van der Waals surface area contributed by atoms with E-state index in [4.69, 9.17) is 10.5 Å². The van der Waals surface area contributed by atoms with Gasteiger partial charge in [0.2, 0.25) is 5.78 Å². The van der Waals surface area contributed by atoms with Crippen LogP contribution in [-0.2, 0) is 4.74 Å². The Bertz CT molecular complexity index is 700. The van der Waals surface area contributed by atoms with Crippen molar-refractivity contribution in [1.82, 2.24) is 19.6 Å². The van der Waals surface area contributed by atoms with Gasteiger partial charge in [0.15, 0.2) is 5.82 Å². The van der Waals surface area contributed by atoms with Crippen LogP contribution in [0.4, 0.5) is 16.3 Å². The molecule has 1 fully saturated rings. The first-order valence-corrected chi connectivity index (χ1v) is 6.34. The Balaban J connectivity index is 1.86. The number of carbonyl (C=O) groups is 1. The maximum Gasteiger partial charge on any atom is 0.413 e. The van der Waals surface area contributed by atoms with Crippen LogP contribution in [0, 0.1) is 0 Å². The highest BCUT2D eigenvalue weighted by atomic mass is 16.6. The number of amides is 1. The third-order valence-corrected chi connectivity index (χ3v) is 3.28. The molecule has 106 valence electrons. The molecule has 2 aromatic rings. The smallest absolute Gasteiger partial charge is 0.413 e. The number of aromatic amines is 1. The number of nitrogens with two attached hydrogens (primary N) is 1. The van der Waals surface area contributed by atoms with E-state index in [1.165, 1.54) is 10.8 Å². The van der Waals surface area contributed by atoms with E-state index in [-0.39, 0.29) is 23.4 Å². The van der Waals surface area contributed by atoms with Crippen molar-refractivity contribution >= 4 is 23.4 Å². The summed E-state index contributed by atoms with van der Waals surface area (Å²) in [5.74, 6) is 0.254. The molecule has 20 heavy (non-hydrogen) atoms. The van der Waals surface area contributed by atoms with Crippen molar-refractivity contribution in [2.45, 2.75) is 31.8 Å². The van der Waals surface area contributed by atoms with Gasteiger partial charge in [-0.05, 0) is 25.7 Å². The van der Waals surface area contributed by atoms with E-state index in [1.54, 1.807) is 0 Å². The summed E-state index contributed by atoms with van der Waals surface area (Å²) in [6, 6.07) is 0. The van der Waals surface area contributed by atoms with E-state index in [2.05, 4.69) is 20.4 Å². The average Bonchev–Trinajstić information content (AvgIpc) is 3.05. The van der Waals surface area contributed by atoms with Crippen LogP contribution in [0.2, 0.25) is 0 Å². The molecule has 1 aliphatic rings. The Labute approximate surface area is 113 Å². The van der Waals surface area contributed by atoms with Crippen LogP contribution in [0.1, 0.15) is 25.7 Å². The van der Waals surface area contributed by atoms with E-state index < -0.39 is 11.7 Å². The fraction of sp³-hybridized carbons (Fsp3) is 0.455. The van der Waals surface area contributed by atoms with Crippen LogP contribution in [0.3, 0.4) is 0 Å². The van der Waals surface area contributed by atoms with Crippen molar-refractivity contribution in [3.8, 4) is 0 Å². The number of ether oxygens (including phenoxy) is 1. The van der Waals surface area contributed by atoms with Gasteiger partial charge in [-0.2, -0.15) is 14.6 Å². The van der Waals surface area contributed by atoms with Crippen LogP contribution in [0.25, 0.3) is 5.78 Å². The molecule has 0 aliphatic heterocycles. The van der Waals surface area contributed by atoms with Gasteiger partial charge in [0.05, 0.1) is 0 Å². The number of nitrogens with zero attached hydrogens (tertiary/aromatic N) is 3. The zero-order chi connectivity index (χ0) is 14.1. The Kier molecular flexibility index (Phi) is 3.01. The zero-order valence-corrected chi connectivity index (χ0v) is 10.6. The minimum atomic E-state index is -0.647. The number of nitrogens with one attached hydrogen (secondary N) is 2. The molecule has 0 atom stereocenters. The number of aromatic nitrogens is 4. The number of anilines is 2. The molecule has 1 aliphatic carbocycles. The number of hydrogen-bond acceptors (Lipinski definition) is 6. The number of H-pyrrole nitrogens is 1. The SMILES string of the molecule is Nc1c(NC(=O)OC2CCCC2)n2ncnc2[nH]c1=O. The Morgan fingerprint density at radius 3 is 3.00 bits per heavy atom. The summed E-state index contributed by atoms with van der Waals surface area (Å²) < 4.78 is 6.50. The number of nitrogen functional groups attached to an aromatic ring is 1. The summed E-state index contributed by atoms with van der Waals surface area (Å²) in [6.07, 6.45) is 4.35. The second-order valence-electron chi connectivity index (χ2n) is 4.65. The molecule has 2 aromatic heterocycles. The fourth-order valence-corrected chi connectivity index (χ4v) is 2.28. The summed E-state index contributed by atoms with van der Waals surface area (Å²) in [5, 5.41) is 6.35. The average molecular weight is 278 g/mol. The quantitative estimate of drug-likeness (QED) is 0.733. The molecule has 0 aromatic carbocycles. The first-order valence-electron chi connectivity index (χ1n) is 6.34. The molecule has 0 radical (unpaired) electrons. The van der Waals surface area contributed by atoms with Gasteiger partial charge in [-0.3, -0.25) is 15.1 Å². The van der Waals surface area contributed by atoms with Gasteiger partial charge in [0, 0.05) is 0 Å². The molecule has 1 saturated carbocycles. The first-order chi connectivity index (χ1) is 9.65. The van der Waals surface area contributed by atoms with Crippen molar-refractivity contribution < 1.29 is 9.53 Å². The van der Waals surface area contributed by atoms with Crippen LogP contribution in [-0.4, -0.2) is 31.8 Å². The number of carbonyl (C=O) groups excluding carboxylic acids is 1. The van der Waals surface area contributed by atoms with Gasteiger partial charge in [-0.1, -0.05) is 0 Å². The maximum absolute atomic E-state index is 11.8. The molecule has 0 spiro atoms. The van der Waals surface area contributed by atoms with Gasteiger partial charge >= 0.3 is 6.09 Å². The highest BCUT2D eigenvalue weighted by Gasteiger charge is 2.21. The molecule has 2 heterocycles. The van der Waals surface area contributed by atoms with Crippen LogP contribution in [0.5, 0.6) is 0 Å². The summed E-state index contributed by atoms with van der Waals surface area (Å²) in [6.45, 7) is 0. The molecule has 3 rings (SSSR count). The summed E-state index contributed by atoms with van der Waals surface area (Å²) in [4.78, 5) is 29.7. The summed E-state index contributed by atoms with van der Waals surface area (Å²) in [5.41, 5.74) is 4.97. The van der Waals surface area contributed by atoms with Crippen molar-refractivity contribution in [1.29, 1.82) is 0 Å². The monoisotopic (exact) mass is 278 g/mol. The van der Waals surface area contributed by atoms with E-state index in [0.717, 1.165) is 25.7 Å². The highest BCUT2D eigenvalue weighted by molar-refractivity contribution is 5.87. The fourth-order valence-electron chi connectivity index (χ4n) is 2.28. The van der Waals surface area contributed by atoms with Crippen molar-refractivity contribution in [3.63, 3.8) is 0 Å². The van der Waals surface area contributed by atoms with E-state index in [1.807, 2.05) is 0 Å². The second kappa shape index (κ2) is 4.83. The third kappa shape index (κ3) is 2.17. The molecule has 0 bridgehead atoms. The second-order valence-corrected chi connectivity index (χ2v) is 4.65. The van der Waals surface area contributed by atoms with Crippen molar-refractivity contribution in [3.05, 3.63) is 16.7 Å². The molecule has 0 unspecified atom stereocenters. The number of rotatable bonds is 2. The molecular formula is C11H14N6O3. The molecule has 0 saturated heterocycles. The largest absolute Gasteiger partial charge is 0.446 e. The molecular weight excluding hydrogens is 264 g/mol. The van der Waals surface area contributed by atoms with E-state index in [0.29, 0.717) is 0 Å². The van der Waals surface area contributed by atoms with Gasteiger partial charge in [-0.15, -0.1) is 0 Å². The van der Waals surface area contributed by atoms with Crippen LogP contribution < -0.4 is 16.6 Å². The zero-order valence-electron chi connectivity index (χ0n) is 10.6. The predicted octanol–water partition coefficient (Wildman–Crippen LogP) is 0.491. The van der Waals surface area contributed by atoms with Crippen molar-refractivity contribution in [2.75, 3.05) is 11.1 Å². The lowest BCUT2D eigenvalue weighted by Gasteiger charge is -2.13. The number of fused-ring (bicyclic) bond motifs is 1. The van der Waals surface area contributed by atoms with Gasteiger partial charge in [0.1, 0.15) is 18.1 Å². The van der Waals surface area contributed by atoms with E-state index in [9.17, 15) is 9.59 Å². The predicted molar refractivity (Wildman–Crippen MR) is 70.4 cm³/mol. The minimum absolute atomic E-state index is 0.0595. The Morgan fingerprint density at radius 2 is 2.25 bits per heavy atom. The molecule has 9 heteroatoms. The van der Waals surface area contributed by atoms with Crippen molar-refractivity contribution in [2.24, 2.45) is 0 Å². The normalized spacial score (nSPS) is 15.6. The molecule has 1 amide bonds. The summed E-state index contributed by atoms with van der Waals surface area (Å²) >= 11 is 0. The minimum Gasteiger partial charge on any atom is -0.446 e. The Morgan fingerprint density at radius 1 is 1.50 bits per heavy atom. The van der Waals surface area contributed by atoms with Gasteiger partial charge in [-0.25, -0.2) is 4.79 Å². The topological polar surface area (TPSA) is 127 Å². The molecule has 9 nitrogen and oxygen atoms in total. The van der Waals surface area contributed by atoms with Gasteiger partial charge in [0.25, 0.3) is 5.56 Å². The highest BCUT2D eigenvalue weighted by Crippen LogP contribution is 2.22. The van der Waals surface area contributed by atoms with E-state index >= 15 is 0 Å². The van der Waals surface area contributed by atoms with Crippen LogP contribution in [0.15, 0.2) is 11.1 Å². The van der Waals surface area contributed by atoms with Gasteiger partial charge < -0.3 is 10.5 Å². The Hall–Kier alpha value is -2.58. The van der Waals surface area contributed by atoms with Crippen LogP contribution >= 0.6 is 0 Å². The standard InChI is InChI=1S/C11H14N6O3/c12-7-8(15-11(19)20-6-3-1-2-4-6)17-10(13-5-14-17)16-9(7)18/h5-6H,1-4,12H2,(H,15,19)(H,13,14,16,18).